The Labute approximate surface area is 88.7 Å². The number of hydrogen-bond donors (Lipinski definition) is 1. The molecule has 1 aliphatic rings. The van der Waals surface area contributed by atoms with Gasteiger partial charge in [0.05, 0.1) is 0 Å². The first kappa shape index (κ1) is 10.7. The summed E-state index contributed by atoms with van der Waals surface area (Å²) in [6.45, 7) is 2.81. The molecule has 1 aliphatic carbocycles. The van der Waals surface area contributed by atoms with Crippen LogP contribution in [-0.2, 0) is 6.18 Å². The van der Waals surface area contributed by atoms with Gasteiger partial charge in [-0.2, -0.15) is 13.2 Å². The number of nitrogens with zero attached hydrogens (tertiary/aromatic N) is 2. The van der Waals surface area contributed by atoms with Crippen LogP contribution in [0.4, 0.5) is 18.3 Å². The maximum Gasteiger partial charge on any atom is 0.445 e. The van der Waals surface area contributed by atoms with Crippen LogP contribution in [0.25, 0.3) is 0 Å². The van der Waals surface area contributed by atoms with Crippen LogP contribution < -0.4 is 5.32 Å². The zero-order valence-electron chi connectivity index (χ0n) is 8.01. The molecule has 0 bridgehead atoms. The van der Waals surface area contributed by atoms with Crippen molar-refractivity contribution in [2.75, 3.05) is 11.9 Å². The molecule has 1 aromatic heterocycles. The van der Waals surface area contributed by atoms with Crippen LogP contribution in [0.5, 0.6) is 0 Å². The van der Waals surface area contributed by atoms with Gasteiger partial charge in [0, 0.05) is 6.54 Å². The van der Waals surface area contributed by atoms with E-state index in [4.69, 9.17) is 0 Å². The Morgan fingerprint density at radius 2 is 2.13 bits per heavy atom. The van der Waals surface area contributed by atoms with Gasteiger partial charge in [0.25, 0.3) is 0 Å². The summed E-state index contributed by atoms with van der Waals surface area (Å²) in [6.07, 6.45) is -3.25. The predicted octanol–water partition coefficient (Wildman–Crippen LogP) is 2.62. The molecule has 0 spiro atoms. The third-order valence-corrected chi connectivity index (χ3v) is 3.38. The van der Waals surface area contributed by atoms with E-state index in [1.807, 2.05) is 0 Å². The van der Waals surface area contributed by atoms with Crippen molar-refractivity contribution in [2.24, 2.45) is 11.8 Å². The van der Waals surface area contributed by atoms with Crippen molar-refractivity contribution in [3.05, 3.63) is 5.01 Å². The molecule has 0 aromatic carbocycles. The monoisotopic (exact) mass is 237 g/mol. The molecule has 0 radical (unpaired) electrons. The van der Waals surface area contributed by atoms with Crippen LogP contribution in [0.15, 0.2) is 0 Å². The van der Waals surface area contributed by atoms with Gasteiger partial charge in [0.1, 0.15) is 0 Å². The smallest absolute Gasteiger partial charge is 0.360 e. The molecule has 3 nitrogen and oxygen atoms in total. The van der Waals surface area contributed by atoms with Crippen LogP contribution in [0, 0.1) is 11.8 Å². The molecule has 0 aliphatic heterocycles. The maximum absolute atomic E-state index is 12.2. The van der Waals surface area contributed by atoms with Crippen LogP contribution in [0.2, 0.25) is 0 Å². The van der Waals surface area contributed by atoms with E-state index in [1.165, 1.54) is 0 Å². The molecule has 1 saturated carbocycles. The zero-order chi connectivity index (χ0) is 11.1. The number of rotatable bonds is 3. The standard InChI is InChI=1S/C8H10F3N3S/c1-4-2-5(4)3-12-7-14-13-6(15-7)8(9,10)11/h4-5H,2-3H2,1H3,(H,12,14). The quantitative estimate of drug-likeness (QED) is 0.878. The van der Waals surface area contributed by atoms with E-state index in [-0.39, 0.29) is 5.13 Å². The van der Waals surface area contributed by atoms with Crippen LogP contribution in [-0.4, -0.2) is 16.7 Å². The van der Waals surface area contributed by atoms with Gasteiger partial charge in [-0.25, -0.2) is 0 Å². The van der Waals surface area contributed by atoms with E-state index in [0.717, 1.165) is 6.42 Å². The average molecular weight is 237 g/mol. The van der Waals surface area contributed by atoms with E-state index in [2.05, 4.69) is 22.4 Å². The van der Waals surface area contributed by atoms with Crippen molar-refractivity contribution in [2.45, 2.75) is 19.5 Å². The molecule has 2 atom stereocenters. The lowest BCUT2D eigenvalue weighted by Gasteiger charge is -1.99. The lowest BCUT2D eigenvalue weighted by atomic mass is 10.3. The minimum Gasteiger partial charge on any atom is -0.360 e. The van der Waals surface area contributed by atoms with Gasteiger partial charge in [-0.3, -0.25) is 0 Å². The Balaban J connectivity index is 1.90. The zero-order valence-corrected chi connectivity index (χ0v) is 8.82. The van der Waals surface area contributed by atoms with Crippen molar-refractivity contribution in [1.29, 1.82) is 0 Å². The first-order valence-corrected chi connectivity index (χ1v) is 5.43. The fraction of sp³-hybridized carbons (Fsp3) is 0.750. The highest BCUT2D eigenvalue weighted by atomic mass is 32.1. The summed E-state index contributed by atoms with van der Waals surface area (Å²) in [5, 5.41) is 8.76. The lowest BCUT2D eigenvalue weighted by molar-refractivity contribution is -0.138. The minimum absolute atomic E-state index is 0.251. The molecule has 1 heterocycles. The Morgan fingerprint density at radius 3 is 2.60 bits per heavy atom. The number of nitrogens with one attached hydrogen (secondary N) is 1. The molecule has 84 valence electrons. The Hall–Kier alpha value is -0.850. The number of hydrogen-bond acceptors (Lipinski definition) is 4. The Morgan fingerprint density at radius 1 is 1.47 bits per heavy atom. The predicted molar refractivity (Wildman–Crippen MR) is 50.7 cm³/mol. The van der Waals surface area contributed by atoms with Crippen molar-refractivity contribution in [3.8, 4) is 0 Å². The van der Waals surface area contributed by atoms with Gasteiger partial charge < -0.3 is 5.32 Å². The van der Waals surface area contributed by atoms with Crippen molar-refractivity contribution < 1.29 is 13.2 Å². The maximum atomic E-state index is 12.2. The first-order chi connectivity index (χ1) is 6.97. The van der Waals surface area contributed by atoms with Crippen molar-refractivity contribution >= 4 is 16.5 Å². The topological polar surface area (TPSA) is 37.8 Å². The second kappa shape index (κ2) is 3.62. The fourth-order valence-electron chi connectivity index (χ4n) is 1.31. The molecular formula is C8H10F3N3S. The van der Waals surface area contributed by atoms with Crippen LogP contribution in [0.1, 0.15) is 18.4 Å². The van der Waals surface area contributed by atoms with E-state index in [0.29, 0.717) is 29.7 Å². The van der Waals surface area contributed by atoms with Gasteiger partial charge in [0.2, 0.25) is 10.1 Å². The summed E-state index contributed by atoms with van der Waals surface area (Å²) >= 11 is 0.552. The highest BCUT2D eigenvalue weighted by Gasteiger charge is 2.36. The molecule has 1 aromatic rings. The second-order valence-electron chi connectivity index (χ2n) is 3.76. The molecule has 2 rings (SSSR count). The van der Waals surface area contributed by atoms with E-state index >= 15 is 0 Å². The number of alkyl halides is 3. The Kier molecular flexibility index (Phi) is 2.57. The summed E-state index contributed by atoms with van der Waals surface area (Å²) in [5.41, 5.74) is 0. The van der Waals surface area contributed by atoms with Gasteiger partial charge in [-0.05, 0) is 18.3 Å². The SMILES string of the molecule is CC1CC1CNc1nnc(C(F)(F)F)s1. The molecule has 0 amide bonds. The minimum atomic E-state index is -4.38. The lowest BCUT2D eigenvalue weighted by Crippen LogP contribution is -2.03. The third-order valence-electron chi connectivity index (χ3n) is 2.46. The molecule has 1 fully saturated rings. The summed E-state index contributed by atoms with van der Waals surface area (Å²) in [7, 11) is 0. The highest BCUT2D eigenvalue weighted by molar-refractivity contribution is 7.15. The van der Waals surface area contributed by atoms with Crippen LogP contribution >= 0.6 is 11.3 Å². The number of aromatic nitrogens is 2. The first-order valence-electron chi connectivity index (χ1n) is 4.61. The van der Waals surface area contributed by atoms with Gasteiger partial charge in [0.15, 0.2) is 0 Å². The average Bonchev–Trinajstić information content (AvgIpc) is 2.66. The molecule has 0 saturated heterocycles. The summed E-state index contributed by atoms with van der Waals surface area (Å²) < 4.78 is 36.5. The summed E-state index contributed by atoms with van der Waals surface area (Å²) in [5.74, 6) is 1.25. The summed E-state index contributed by atoms with van der Waals surface area (Å²) in [6, 6.07) is 0. The third kappa shape index (κ3) is 2.58. The summed E-state index contributed by atoms with van der Waals surface area (Å²) in [4.78, 5) is 0. The van der Waals surface area contributed by atoms with E-state index in [1.54, 1.807) is 0 Å². The number of anilines is 1. The molecule has 7 heteroatoms. The van der Waals surface area contributed by atoms with Gasteiger partial charge in [-0.15, -0.1) is 10.2 Å². The van der Waals surface area contributed by atoms with E-state index in [9.17, 15) is 13.2 Å². The van der Waals surface area contributed by atoms with Gasteiger partial charge >= 0.3 is 6.18 Å². The second-order valence-corrected chi connectivity index (χ2v) is 4.74. The molecule has 1 N–H and O–H groups in total. The van der Waals surface area contributed by atoms with Gasteiger partial charge in [-0.1, -0.05) is 18.3 Å². The Bertz CT molecular complexity index is 349. The molecule has 2 unspecified atom stereocenters. The molecular weight excluding hydrogens is 227 g/mol. The molecule has 15 heavy (non-hydrogen) atoms. The van der Waals surface area contributed by atoms with Crippen molar-refractivity contribution in [1.82, 2.24) is 10.2 Å². The number of halogens is 3. The largest absolute Gasteiger partial charge is 0.445 e. The highest BCUT2D eigenvalue weighted by Crippen LogP contribution is 2.38. The van der Waals surface area contributed by atoms with E-state index < -0.39 is 11.2 Å². The van der Waals surface area contributed by atoms with Crippen LogP contribution in [0.3, 0.4) is 0 Å². The normalized spacial score (nSPS) is 25.3. The fourth-order valence-corrected chi connectivity index (χ4v) is 1.93. The van der Waals surface area contributed by atoms with Crippen molar-refractivity contribution in [3.63, 3.8) is 0 Å².